The van der Waals surface area contributed by atoms with Gasteiger partial charge >= 0.3 is 6.09 Å². The number of halogens is 6. The Morgan fingerprint density at radius 1 is 1.08 bits per heavy atom. The van der Waals surface area contributed by atoms with Crippen LogP contribution in [-0.2, 0) is 4.74 Å². The Balaban J connectivity index is 0.000000346. The van der Waals surface area contributed by atoms with E-state index in [9.17, 15) is 13.6 Å². The third-order valence-corrected chi connectivity index (χ3v) is 5.79. The van der Waals surface area contributed by atoms with Gasteiger partial charge in [0.1, 0.15) is 27.6 Å². The maximum absolute atomic E-state index is 13.7. The molecule has 0 saturated carbocycles. The highest BCUT2D eigenvalue weighted by Crippen LogP contribution is 2.27. The highest BCUT2D eigenvalue weighted by Gasteiger charge is 2.32. The smallest absolute Gasteiger partial charge is 0.410 e. The zero-order valence-corrected chi connectivity index (χ0v) is 22.7. The van der Waals surface area contributed by atoms with Gasteiger partial charge in [0, 0.05) is 25.7 Å². The lowest BCUT2D eigenvalue weighted by molar-refractivity contribution is 0.0133. The molecular formula is C22H22Cl4F2N6O2. The Labute approximate surface area is 227 Å². The van der Waals surface area contributed by atoms with Crippen molar-refractivity contribution in [2.24, 2.45) is 0 Å². The van der Waals surface area contributed by atoms with Crippen LogP contribution < -0.4 is 0 Å². The van der Waals surface area contributed by atoms with Crippen LogP contribution in [0.25, 0.3) is 4.85 Å². The number of amides is 1. The summed E-state index contributed by atoms with van der Waals surface area (Å²) in [6, 6.07) is 1.89. The van der Waals surface area contributed by atoms with E-state index in [4.69, 9.17) is 63.1 Å². The molecule has 0 spiro atoms. The van der Waals surface area contributed by atoms with Gasteiger partial charge in [-0.2, -0.15) is 0 Å². The van der Waals surface area contributed by atoms with Gasteiger partial charge in [-0.25, -0.2) is 28.4 Å². The first-order valence-electron chi connectivity index (χ1n) is 10.4. The Hall–Kier alpha value is -2.45. The Morgan fingerprint density at radius 3 is 2.17 bits per heavy atom. The SMILES string of the molecule is C[C@H]1CN(C(=O)OC(C)(C)C)CCN1C(=N)c1cc(F)c(Cl)nc1Cl.[C-]#[N+]c1cc(F)c(Cl)nc1Cl. The van der Waals surface area contributed by atoms with Crippen molar-refractivity contribution in [3.8, 4) is 0 Å². The molecule has 0 aromatic carbocycles. The molecule has 3 rings (SSSR count). The van der Waals surface area contributed by atoms with Gasteiger partial charge in [0.15, 0.2) is 16.1 Å². The average molecular weight is 582 g/mol. The van der Waals surface area contributed by atoms with E-state index in [-0.39, 0.29) is 49.8 Å². The summed E-state index contributed by atoms with van der Waals surface area (Å²) in [5, 5.41) is 7.58. The summed E-state index contributed by atoms with van der Waals surface area (Å²) in [5.41, 5.74) is -0.431. The van der Waals surface area contributed by atoms with Crippen molar-refractivity contribution in [3.05, 3.63) is 61.4 Å². The quantitative estimate of drug-likeness (QED) is 0.172. The van der Waals surface area contributed by atoms with Crippen molar-refractivity contribution >= 4 is 64.0 Å². The minimum absolute atomic E-state index is 0.0295. The van der Waals surface area contributed by atoms with Crippen molar-refractivity contribution in [2.45, 2.75) is 39.3 Å². The molecule has 0 radical (unpaired) electrons. The number of piperazine rings is 1. The lowest BCUT2D eigenvalue weighted by atomic mass is 10.1. The molecule has 1 amide bonds. The van der Waals surface area contributed by atoms with E-state index in [1.54, 1.807) is 9.80 Å². The molecule has 1 aliphatic rings. The van der Waals surface area contributed by atoms with Gasteiger partial charge in [0.25, 0.3) is 0 Å². The molecular weight excluding hydrogens is 560 g/mol. The number of hydrogen-bond donors (Lipinski definition) is 1. The van der Waals surface area contributed by atoms with Gasteiger partial charge in [0.2, 0.25) is 5.69 Å². The number of pyridine rings is 2. The number of amidine groups is 1. The summed E-state index contributed by atoms with van der Waals surface area (Å²) in [4.78, 5) is 25.5. The molecule has 36 heavy (non-hydrogen) atoms. The zero-order chi connectivity index (χ0) is 27.4. The van der Waals surface area contributed by atoms with Crippen molar-refractivity contribution < 1.29 is 18.3 Å². The number of hydrogen-bond acceptors (Lipinski definition) is 5. The van der Waals surface area contributed by atoms with Crippen molar-refractivity contribution in [1.82, 2.24) is 19.8 Å². The first kappa shape index (κ1) is 29.8. The Kier molecular flexibility index (Phi) is 10.1. The molecule has 3 heterocycles. The monoisotopic (exact) mass is 580 g/mol. The van der Waals surface area contributed by atoms with E-state index in [0.29, 0.717) is 19.6 Å². The molecule has 1 N–H and O–H groups in total. The summed E-state index contributed by atoms with van der Waals surface area (Å²) in [5.74, 6) is -1.42. The van der Waals surface area contributed by atoms with Crippen LogP contribution in [0, 0.1) is 23.6 Å². The van der Waals surface area contributed by atoms with Gasteiger partial charge < -0.3 is 14.5 Å². The first-order valence-corrected chi connectivity index (χ1v) is 11.9. The minimum atomic E-state index is -0.734. The molecule has 0 aliphatic carbocycles. The largest absolute Gasteiger partial charge is 0.444 e. The fourth-order valence-electron chi connectivity index (χ4n) is 3.06. The Morgan fingerprint density at radius 2 is 1.64 bits per heavy atom. The molecule has 0 bridgehead atoms. The number of nitrogens with one attached hydrogen (secondary N) is 1. The van der Waals surface area contributed by atoms with Crippen LogP contribution >= 0.6 is 46.4 Å². The molecule has 1 atom stereocenters. The maximum atomic E-state index is 13.7. The zero-order valence-electron chi connectivity index (χ0n) is 19.7. The van der Waals surface area contributed by atoms with Gasteiger partial charge in [0.05, 0.1) is 12.1 Å². The van der Waals surface area contributed by atoms with E-state index < -0.39 is 17.2 Å². The van der Waals surface area contributed by atoms with Crippen LogP contribution in [0.5, 0.6) is 0 Å². The van der Waals surface area contributed by atoms with E-state index in [0.717, 1.165) is 12.1 Å². The van der Waals surface area contributed by atoms with Gasteiger partial charge in [-0.05, 0) is 39.8 Å². The highest BCUT2D eigenvalue weighted by molar-refractivity contribution is 6.35. The topological polar surface area (TPSA) is 86.8 Å². The summed E-state index contributed by atoms with van der Waals surface area (Å²) in [6.45, 7) is 15.0. The maximum Gasteiger partial charge on any atom is 0.410 e. The van der Waals surface area contributed by atoms with E-state index in [2.05, 4.69) is 14.8 Å². The van der Waals surface area contributed by atoms with Crippen LogP contribution in [0.4, 0.5) is 19.3 Å². The third kappa shape index (κ3) is 7.77. The number of ether oxygens (including phenoxy) is 1. The number of nitrogens with zero attached hydrogens (tertiary/aromatic N) is 5. The summed E-state index contributed by atoms with van der Waals surface area (Å²) >= 11 is 22.3. The second-order valence-corrected chi connectivity index (χ2v) is 10.0. The van der Waals surface area contributed by atoms with E-state index >= 15 is 0 Å². The fraction of sp³-hybridized carbons (Fsp3) is 0.409. The predicted octanol–water partition coefficient (Wildman–Crippen LogP) is 6.87. The number of carbonyl (C=O) groups is 1. The molecule has 2 aromatic heterocycles. The van der Waals surface area contributed by atoms with Crippen LogP contribution in [-0.4, -0.2) is 63.0 Å². The number of rotatable bonds is 1. The second-order valence-electron chi connectivity index (χ2n) is 8.60. The molecule has 0 unspecified atom stereocenters. The third-order valence-electron chi connectivity index (χ3n) is 4.70. The van der Waals surface area contributed by atoms with E-state index in [1.807, 2.05) is 27.7 Å². The van der Waals surface area contributed by atoms with Crippen molar-refractivity contribution in [3.63, 3.8) is 0 Å². The van der Waals surface area contributed by atoms with Gasteiger partial charge in [-0.15, -0.1) is 0 Å². The first-order chi connectivity index (χ1) is 16.6. The second kappa shape index (κ2) is 12.2. The lowest BCUT2D eigenvalue weighted by Gasteiger charge is -2.41. The van der Waals surface area contributed by atoms with Gasteiger partial charge in [-0.3, -0.25) is 5.41 Å². The molecule has 8 nitrogen and oxygen atoms in total. The highest BCUT2D eigenvalue weighted by atomic mass is 35.5. The van der Waals surface area contributed by atoms with Crippen LogP contribution in [0.2, 0.25) is 20.6 Å². The number of carbonyl (C=O) groups excluding carboxylic acids is 1. The van der Waals surface area contributed by atoms with E-state index in [1.165, 1.54) is 0 Å². The van der Waals surface area contributed by atoms with Crippen LogP contribution in [0.1, 0.15) is 33.3 Å². The molecule has 2 aromatic rings. The Bertz CT molecular complexity index is 1200. The van der Waals surface area contributed by atoms with Crippen LogP contribution in [0.15, 0.2) is 12.1 Å². The summed E-state index contributed by atoms with van der Waals surface area (Å²) in [7, 11) is 0. The standard InChI is InChI=1S/C16H21Cl2FN4O2.C6HCl2FN2/c1-9-8-22(15(24)25-16(2,3)4)5-6-23(9)14(20)10-7-11(19)13(18)21-12(10)17;1-10-4-2-3(9)5(7)11-6(4)8/h7,9,20H,5-6,8H2,1-4H3;2H/t9-;/m0./s1. The van der Waals surface area contributed by atoms with Crippen molar-refractivity contribution in [1.29, 1.82) is 5.41 Å². The van der Waals surface area contributed by atoms with Gasteiger partial charge in [-0.1, -0.05) is 46.4 Å². The summed E-state index contributed by atoms with van der Waals surface area (Å²) in [6.07, 6.45) is -0.386. The predicted molar refractivity (Wildman–Crippen MR) is 135 cm³/mol. The molecule has 14 heteroatoms. The van der Waals surface area contributed by atoms with Crippen molar-refractivity contribution in [2.75, 3.05) is 19.6 Å². The molecule has 1 aliphatic heterocycles. The fourth-order valence-corrected chi connectivity index (χ4v) is 3.84. The summed E-state index contributed by atoms with van der Waals surface area (Å²) < 4.78 is 31.6. The van der Waals surface area contributed by atoms with Crippen LogP contribution in [0.3, 0.4) is 0 Å². The number of aromatic nitrogens is 2. The molecule has 1 fully saturated rings. The lowest BCUT2D eigenvalue weighted by Crippen LogP contribution is -2.56. The average Bonchev–Trinajstić information content (AvgIpc) is 2.77. The molecule has 194 valence electrons. The molecule has 1 saturated heterocycles. The minimum Gasteiger partial charge on any atom is -0.444 e. The normalized spacial score (nSPS) is 15.5.